The molecular formula is C21H21F6N5O4. The van der Waals surface area contributed by atoms with Crippen LogP contribution in [0.2, 0.25) is 0 Å². The van der Waals surface area contributed by atoms with Crippen molar-refractivity contribution in [2.24, 2.45) is 7.05 Å². The Kier molecular flexibility index (Phi) is 7.13. The summed E-state index contributed by atoms with van der Waals surface area (Å²) >= 11 is 0. The quantitative estimate of drug-likeness (QED) is 0.361. The molecule has 2 N–H and O–H groups in total. The molecule has 4 rings (SSSR count). The van der Waals surface area contributed by atoms with E-state index in [2.05, 4.69) is 25.6 Å². The van der Waals surface area contributed by atoms with Crippen LogP contribution >= 0.6 is 0 Å². The molecule has 0 radical (unpaired) electrons. The van der Waals surface area contributed by atoms with Gasteiger partial charge in [0.25, 0.3) is 5.91 Å². The van der Waals surface area contributed by atoms with Crippen molar-refractivity contribution in [3.63, 3.8) is 0 Å². The van der Waals surface area contributed by atoms with Crippen LogP contribution in [0.15, 0.2) is 28.7 Å². The first kappa shape index (κ1) is 25.8. The van der Waals surface area contributed by atoms with Gasteiger partial charge in [0.2, 0.25) is 5.89 Å². The van der Waals surface area contributed by atoms with E-state index in [-0.39, 0.29) is 29.7 Å². The summed E-state index contributed by atoms with van der Waals surface area (Å²) in [5.74, 6) is -0.247. The van der Waals surface area contributed by atoms with Crippen molar-refractivity contribution in [1.29, 1.82) is 0 Å². The highest BCUT2D eigenvalue weighted by molar-refractivity contribution is 5.99. The number of ether oxygens (including phenoxy) is 2. The summed E-state index contributed by atoms with van der Waals surface area (Å²) in [6, 6.07) is 4.10. The van der Waals surface area contributed by atoms with Gasteiger partial charge in [-0.3, -0.25) is 9.53 Å². The van der Waals surface area contributed by atoms with E-state index in [0.29, 0.717) is 30.3 Å². The lowest BCUT2D eigenvalue weighted by Crippen LogP contribution is -2.47. The normalized spacial score (nSPS) is 19.0. The average Bonchev–Trinajstić information content (AvgIpc) is 3.40. The van der Waals surface area contributed by atoms with Crippen LogP contribution in [-0.4, -0.2) is 52.8 Å². The number of rotatable bonds is 7. The van der Waals surface area contributed by atoms with Crippen LogP contribution in [0.25, 0.3) is 10.9 Å². The van der Waals surface area contributed by atoms with Crippen LogP contribution in [0.4, 0.5) is 26.3 Å². The highest BCUT2D eigenvalue weighted by Crippen LogP contribution is 2.32. The number of aromatic nitrogens is 3. The van der Waals surface area contributed by atoms with E-state index >= 15 is 0 Å². The third-order valence-electron chi connectivity index (χ3n) is 5.65. The number of nitrogens with zero attached hydrogens (tertiary/aromatic N) is 3. The summed E-state index contributed by atoms with van der Waals surface area (Å²) in [7, 11) is 1.60. The molecule has 3 heterocycles. The number of hydrogen-bond donors (Lipinski definition) is 2. The van der Waals surface area contributed by atoms with Gasteiger partial charge in [-0.05, 0) is 37.1 Å². The fourth-order valence-electron chi connectivity index (χ4n) is 3.90. The summed E-state index contributed by atoms with van der Waals surface area (Å²) in [6.45, 7) is -0.819. The standard InChI is InChI=1S/C21H21F6N5O4/c1-32-15-5-2-12(20(22,23)24)8-11(15)9-16(32)17(33)29-13-3-4-14(28-10-13)18-30-31-19(36-18)34-6-7-35-21(25,26)27/h2,5,8-9,13-14,28H,3-4,6-7,10H2,1H3,(H,29,33)/t13-,14+/m0/s1. The first-order valence-corrected chi connectivity index (χ1v) is 10.8. The monoisotopic (exact) mass is 521 g/mol. The predicted molar refractivity (Wildman–Crippen MR) is 111 cm³/mol. The molecular weight excluding hydrogens is 500 g/mol. The Labute approximate surface area is 199 Å². The Hall–Kier alpha value is -3.33. The van der Waals surface area contributed by atoms with Gasteiger partial charge in [-0.1, -0.05) is 5.10 Å². The van der Waals surface area contributed by atoms with Crippen molar-refractivity contribution in [3.8, 4) is 6.08 Å². The van der Waals surface area contributed by atoms with E-state index in [1.165, 1.54) is 16.7 Å². The van der Waals surface area contributed by atoms with E-state index < -0.39 is 37.2 Å². The average molecular weight is 521 g/mol. The second kappa shape index (κ2) is 9.97. The minimum Gasteiger partial charge on any atom is -0.447 e. The highest BCUT2D eigenvalue weighted by atomic mass is 19.4. The number of aryl methyl sites for hydroxylation is 1. The Morgan fingerprint density at radius 1 is 1.17 bits per heavy atom. The van der Waals surface area contributed by atoms with Crippen molar-refractivity contribution < 1.29 is 45.0 Å². The number of hydrogen-bond acceptors (Lipinski definition) is 7. The van der Waals surface area contributed by atoms with E-state index in [9.17, 15) is 31.1 Å². The van der Waals surface area contributed by atoms with Gasteiger partial charge >= 0.3 is 18.6 Å². The molecule has 1 aromatic carbocycles. The fourth-order valence-corrected chi connectivity index (χ4v) is 3.90. The molecule has 2 atom stereocenters. The van der Waals surface area contributed by atoms with Crippen LogP contribution < -0.4 is 15.4 Å². The molecule has 3 aromatic rings. The van der Waals surface area contributed by atoms with Gasteiger partial charge in [0.15, 0.2) is 0 Å². The van der Waals surface area contributed by atoms with E-state index in [1.54, 1.807) is 7.05 Å². The molecule has 1 fully saturated rings. The minimum atomic E-state index is -4.76. The summed E-state index contributed by atoms with van der Waals surface area (Å²) in [6.07, 6.45) is -8.51. The van der Waals surface area contributed by atoms with Crippen LogP contribution in [0.1, 0.15) is 40.8 Å². The number of piperidine rings is 1. The lowest BCUT2D eigenvalue weighted by Gasteiger charge is -2.28. The lowest BCUT2D eigenvalue weighted by molar-refractivity contribution is -0.325. The zero-order chi connectivity index (χ0) is 26.1. The summed E-state index contributed by atoms with van der Waals surface area (Å²) < 4.78 is 90.2. The third-order valence-corrected chi connectivity index (χ3v) is 5.65. The van der Waals surface area contributed by atoms with E-state index in [0.717, 1.165) is 12.1 Å². The van der Waals surface area contributed by atoms with E-state index in [4.69, 9.17) is 9.15 Å². The highest BCUT2D eigenvalue weighted by Gasteiger charge is 2.32. The van der Waals surface area contributed by atoms with Gasteiger partial charge < -0.3 is 24.4 Å². The number of nitrogens with one attached hydrogen (secondary N) is 2. The van der Waals surface area contributed by atoms with Crippen molar-refractivity contribution in [2.75, 3.05) is 19.8 Å². The van der Waals surface area contributed by atoms with Crippen LogP contribution in [0.3, 0.4) is 0 Å². The molecule has 0 aliphatic carbocycles. The molecule has 9 nitrogen and oxygen atoms in total. The zero-order valence-electron chi connectivity index (χ0n) is 18.7. The minimum absolute atomic E-state index is 0.181. The van der Waals surface area contributed by atoms with Gasteiger partial charge in [0.05, 0.1) is 18.2 Å². The maximum atomic E-state index is 13.0. The lowest BCUT2D eigenvalue weighted by atomic mass is 10.0. The van der Waals surface area contributed by atoms with Crippen molar-refractivity contribution in [1.82, 2.24) is 25.4 Å². The van der Waals surface area contributed by atoms with Crippen LogP contribution in [0, 0.1) is 0 Å². The Balaban J connectivity index is 1.30. The van der Waals surface area contributed by atoms with Crippen LogP contribution in [-0.2, 0) is 18.0 Å². The Morgan fingerprint density at radius 2 is 1.94 bits per heavy atom. The zero-order valence-corrected chi connectivity index (χ0v) is 18.7. The van der Waals surface area contributed by atoms with Crippen molar-refractivity contribution in [3.05, 3.63) is 41.4 Å². The largest absolute Gasteiger partial charge is 0.522 e. The smallest absolute Gasteiger partial charge is 0.447 e. The number of carbonyl (C=O) groups is 1. The number of benzene rings is 1. The van der Waals surface area contributed by atoms with Gasteiger partial charge in [-0.2, -0.15) is 13.2 Å². The number of halogens is 6. The first-order chi connectivity index (χ1) is 16.9. The van der Waals surface area contributed by atoms with Crippen LogP contribution in [0.5, 0.6) is 6.08 Å². The molecule has 0 unspecified atom stereocenters. The molecule has 0 saturated carbocycles. The molecule has 1 amide bonds. The van der Waals surface area contributed by atoms with Gasteiger partial charge in [0, 0.05) is 30.5 Å². The summed E-state index contributed by atoms with van der Waals surface area (Å²) in [5.41, 5.74) is -0.0756. The molecule has 1 saturated heterocycles. The second-order valence-electron chi connectivity index (χ2n) is 8.12. The maximum Gasteiger partial charge on any atom is 0.522 e. The number of amides is 1. The first-order valence-electron chi connectivity index (χ1n) is 10.8. The summed E-state index contributed by atoms with van der Waals surface area (Å²) in [4.78, 5) is 12.8. The molecule has 0 bridgehead atoms. The molecule has 15 heteroatoms. The number of alkyl halides is 6. The summed E-state index contributed by atoms with van der Waals surface area (Å²) in [5, 5.41) is 13.8. The topological polar surface area (TPSA) is 103 Å². The Morgan fingerprint density at radius 3 is 2.61 bits per heavy atom. The molecule has 1 aliphatic heterocycles. The van der Waals surface area contributed by atoms with Crippen molar-refractivity contribution in [2.45, 2.75) is 37.5 Å². The molecule has 1 aliphatic rings. The van der Waals surface area contributed by atoms with Gasteiger partial charge in [-0.15, -0.1) is 18.3 Å². The number of carbonyl (C=O) groups excluding carboxylic acids is 1. The Bertz CT molecular complexity index is 1210. The van der Waals surface area contributed by atoms with Gasteiger partial charge in [-0.25, -0.2) is 0 Å². The number of fused-ring (bicyclic) bond motifs is 1. The SMILES string of the molecule is Cn1c(C(=O)N[C@H]2CC[C@H](c3nnc(OCCOC(F)(F)F)o3)NC2)cc2cc(C(F)(F)F)ccc21. The molecule has 36 heavy (non-hydrogen) atoms. The third kappa shape index (κ3) is 6.07. The maximum absolute atomic E-state index is 13.0. The molecule has 2 aromatic heterocycles. The molecule has 0 spiro atoms. The second-order valence-corrected chi connectivity index (χ2v) is 8.12. The van der Waals surface area contributed by atoms with Crippen molar-refractivity contribution >= 4 is 16.8 Å². The van der Waals surface area contributed by atoms with E-state index in [1.807, 2.05) is 0 Å². The molecule has 196 valence electrons. The fraction of sp³-hybridized carbons (Fsp3) is 0.476. The predicted octanol–water partition coefficient (Wildman–Crippen LogP) is 3.72. The van der Waals surface area contributed by atoms with Gasteiger partial charge in [0.1, 0.15) is 12.3 Å².